The molecule has 0 bridgehead atoms. The molecular formula is C9H8FNO. The number of carbonyl (C=O) groups excluding carboxylic acids is 1. The zero-order chi connectivity index (χ0) is 8.72. The summed E-state index contributed by atoms with van der Waals surface area (Å²) in [4.78, 5) is 11.1. The van der Waals surface area contributed by atoms with E-state index >= 15 is 0 Å². The number of amides is 1. The monoisotopic (exact) mass is 165 g/mol. The Morgan fingerprint density at radius 3 is 3.00 bits per heavy atom. The molecule has 3 heteroatoms. The van der Waals surface area contributed by atoms with E-state index in [1.165, 1.54) is 12.1 Å². The minimum absolute atomic E-state index is 0.0596. The maximum atomic E-state index is 12.7. The Balaban J connectivity index is 2.55. The smallest absolute Gasteiger partial charge is 0.231 e. The third kappa shape index (κ3) is 0.897. The number of nitrogens with one attached hydrogen (secondary N) is 1. The van der Waals surface area contributed by atoms with Crippen molar-refractivity contribution in [2.45, 2.75) is 12.8 Å². The van der Waals surface area contributed by atoms with Crippen LogP contribution in [0.3, 0.4) is 0 Å². The van der Waals surface area contributed by atoms with Crippen molar-refractivity contribution < 1.29 is 9.18 Å². The van der Waals surface area contributed by atoms with Crippen molar-refractivity contribution in [2.75, 3.05) is 5.32 Å². The highest BCUT2D eigenvalue weighted by atomic mass is 19.1. The van der Waals surface area contributed by atoms with Crippen LogP contribution in [0.25, 0.3) is 0 Å². The van der Waals surface area contributed by atoms with Crippen molar-refractivity contribution in [1.82, 2.24) is 0 Å². The zero-order valence-electron chi connectivity index (χ0n) is 6.60. The van der Waals surface area contributed by atoms with Crippen molar-refractivity contribution >= 4 is 11.6 Å². The Morgan fingerprint density at radius 1 is 1.50 bits per heavy atom. The molecule has 0 aromatic heterocycles. The van der Waals surface area contributed by atoms with E-state index in [9.17, 15) is 9.18 Å². The number of hydrogen-bond acceptors (Lipinski definition) is 1. The predicted octanol–water partition coefficient (Wildman–Crippen LogP) is 1.88. The number of carbonyl (C=O) groups is 1. The van der Waals surface area contributed by atoms with E-state index in [1.807, 2.05) is 0 Å². The molecule has 1 aromatic carbocycles. The number of rotatable bonds is 0. The predicted molar refractivity (Wildman–Crippen MR) is 43.4 cm³/mol. The highest BCUT2D eigenvalue weighted by molar-refractivity contribution is 6.02. The van der Waals surface area contributed by atoms with Gasteiger partial charge in [-0.1, -0.05) is 0 Å². The van der Waals surface area contributed by atoms with Gasteiger partial charge in [-0.15, -0.1) is 0 Å². The fourth-order valence-electron chi connectivity index (χ4n) is 1.39. The van der Waals surface area contributed by atoms with Crippen LogP contribution in [0.4, 0.5) is 10.1 Å². The molecule has 0 saturated carbocycles. The molecule has 1 amide bonds. The van der Waals surface area contributed by atoms with Gasteiger partial charge in [0.2, 0.25) is 5.91 Å². The molecule has 1 aromatic rings. The fraction of sp³-hybridized carbons (Fsp3) is 0.222. The first-order chi connectivity index (χ1) is 5.68. The summed E-state index contributed by atoms with van der Waals surface area (Å²) in [6.45, 7) is 1.76. The summed E-state index contributed by atoms with van der Waals surface area (Å²) in [6, 6.07) is 4.33. The Labute approximate surface area is 69.4 Å². The van der Waals surface area contributed by atoms with Crippen LogP contribution in [0.1, 0.15) is 18.4 Å². The molecule has 0 aliphatic carbocycles. The molecule has 12 heavy (non-hydrogen) atoms. The normalized spacial score (nSPS) is 20.5. The second-order valence-electron chi connectivity index (χ2n) is 2.94. The quantitative estimate of drug-likeness (QED) is 0.624. The molecule has 1 aliphatic rings. The molecular weight excluding hydrogens is 157 g/mol. The average Bonchev–Trinajstić information content (AvgIpc) is 2.31. The van der Waals surface area contributed by atoms with Crippen molar-refractivity contribution in [3.8, 4) is 0 Å². The van der Waals surface area contributed by atoms with Crippen LogP contribution in [0.2, 0.25) is 0 Å². The zero-order valence-corrected chi connectivity index (χ0v) is 6.60. The van der Waals surface area contributed by atoms with Gasteiger partial charge in [0.25, 0.3) is 0 Å². The van der Waals surface area contributed by atoms with Gasteiger partial charge in [-0.05, 0) is 30.7 Å². The van der Waals surface area contributed by atoms with Crippen LogP contribution in [0.5, 0.6) is 0 Å². The Kier molecular flexibility index (Phi) is 1.40. The van der Waals surface area contributed by atoms with Gasteiger partial charge in [-0.3, -0.25) is 4.79 Å². The summed E-state index contributed by atoms with van der Waals surface area (Å²) in [5, 5.41) is 2.67. The van der Waals surface area contributed by atoms with Crippen molar-refractivity contribution in [1.29, 1.82) is 0 Å². The molecule has 2 rings (SSSR count). The summed E-state index contributed by atoms with van der Waals surface area (Å²) in [7, 11) is 0. The van der Waals surface area contributed by atoms with Crippen molar-refractivity contribution in [3.63, 3.8) is 0 Å². The minimum atomic E-state index is -0.294. The Hall–Kier alpha value is -1.38. The van der Waals surface area contributed by atoms with Crippen molar-refractivity contribution in [3.05, 3.63) is 29.6 Å². The molecule has 0 spiro atoms. The van der Waals surface area contributed by atoms with E-state index in [-0.39, 0.29) is 17.6 Å². The summed E-state index contributed by atoms with van der Waals surface area (Å²) < 4.78 is 12.7. The first-order valence-corrected chi connectivity index (χ1v) is 3.79. The second kappa shape index (κ2) is 2.30. The number of benzene rings is 1. The fourth-order valence-corrected chi connectivity index (χ4v) is 1.39. The number of halogens is 1. The highest BCUT2D eigenvalue weighted by Crippen LogP contribution is 2.31. The van der Waals surface area contributed by atoms with E-state index in [1.54, 1.807) is 13.0 Å². The van der Waals surface area contributed by atoms with Crippen molar-refractivity contribution in [2.24, 2.45) is 0 Å². The third-order valence-electron chi connectivity index (χ3n) is 2.13. The first kappa shape index (κ1) is 7.28. The lowest BCUT2D eigenvalue weighted by molar-refractivity contribution is -0.116. The van der Waals surface area contributed by atoms with E-state index < -0.39 is 0 Å². The van der Waals surface area contributed by atoms with Gasteiger partial charge >= 0.3 is 0 Å². The van der Waals surface area contributed by atoms with E-state index in [4.69, 9.17) is 0 Å². The van der Waals surface area contributed by atoms with Crippen LogP contribution in [0.15, 0.2) is 18.2 Å². The van der Waals surface area contributed by atoms with Crippen LogP contribution < -0.4 is 5.32 Å². The van der Waals surface area contributed by atoms with Gasteiger partial charge in [-0.25, -0.2) is 4.39 Å². The summed E-state index contributed by atoms with van der Waals surface area (Å²) in [6.07, 6.45) is 0. The molecule has 1 aliphatic heterocycles. The summed E-state index contributed by atoms with van der Waals surface area (Å²) in [5.41, 5.74) is 1.48. The molecule has 2 nitrogen and oxygen atoms in total. The van der Waals surface area contributed by atoms with E-state index in [2.05, 4.69) is 5.32 Å². The molecule has 1 atom stereocenters. The van der Waals surface area contributed by atoms with Gasteiger partial charge < -0.3 is 5.32 Å². The third-order valence-corrected chi connectivity index (χ3v) is 2.13. The number of fused-ring (bicyclic) bond motifs is 1. The molecule has 1 N–H and O–H groups in total. The lowest BCUT2D eigenvalue weighted by atomic mass is 10.0. The van der Waals surface area contributed by atoms with Gasteiger partial charge in [0.05, 0.1) is 5.92 Å². The van der Waals surface area contributed by atoms with Crippen LogP contribution >= 0.6 is 0 Å². The highest BCUT2D eigenvalue weighted by Gasteiger charge is 2.26. The summed E-state index contributed by atoms with van der Waals surface area (Å²) in [5.74, 6) is -0.580. The largest absolute Gasteiger partial charge is 0.325 e. The van der Waals surface area contributed by atoms with Gasteiger partial charge in [0.1, 0.15) is 5.82 Å². The molecule has 0 unspecified atom stereocenters. The van der Waals surface area contributed by atoms with E-state index in [0.29, 0.717) is 0 Å². The molecule has 0 fully saturated rings. The topological polar surface area (TPSA) is 29.1 Å². The molecule has 62 valence electrons. The number of anilines is 1. The molecule has 1 heterocycles. The lowest BCUT2D eigenvalue weighted by Crippen LogP contribution is -2.08. The van der Waals surface area contributed by atoms with E-state index in [0.717, 1.165) is 11.3 Å². The molecule has 0 saturated heterocycles. The standard InChI is InChI=1S/C9H8FNO/c1-5-7-4-6(10)2-3-8(7)11-9(5)12/h2-5H,1H3,(H,11,12)/t5-/m1/s1. The lowest BCUT2D eigenvalue weighted by Gasteiger charge is -1.99. The van der Waals surface area contributed by atoms with Gasteiger partial charge in [-0.2, -0.15) is 0 Å². The van der Waals surface area contributed by atoms with Crippen LogP contribution in [-0.4, -0.2) is 5.91 Å². The van der Waals surface area contributed by atoms with Gasteiger partial charge in [0.15, 0.2) is 0 Å². The SMILES string of the molecule is C[C@H]1C(=O)Nc2ccc(F)cc21. The minimum Gasteiger partial charge on any atom is -0.325 e. The van der Waals surface area contributed by atoms with Gasteiger partial charge in [0, 0.05) is 5.69 Å². The Morgan fingerprint density at radius 2 is 2.25 bits per heavy atom. The van der Waals surface area contributed by atoms with Crippen LogP contribution in [-0.2, 0) is 4.79 Å². The second-order valence-corrected chi connectivity index (χ2v) is 2.94. The maximum Gasteiger partial charge on any atom is 0.231 e. The summed E-state index contributed by atoms with van der Waals surface area (Å²) >= 11 is 0. The number of hydrogen-bond donors (Lipinski definition) is 1. The Bertz CT molecular complexity index is 348. The maximum absolute atomic E-state index is 12.7. The van der Waals surface area contributed by atoms with Crippen LogP contribution in [0, 0.1) is 5.82 Å². The first-order valence-electron chi connectivity index (χ1n) is 3.79. The molecule has 0 radical (unpaired) electrons. The average molecular weight is 165 g/mol.